The van der Waals surface area contributed by atoms with Crippen LogP contribution >= 0.6 is 12.4 Å². The van der Waals surface area contributed by atoms with Crippen LogP contribution < -0.4 is 16.0 Å². The molecule has 25 heavy (non-hydrogen) atoms. The van der Waals surface area contributed by atoms with Crippen LogP contribution in [0.3, 0.4) is 0 Å². The number of anilines is 2. The first-order valence-corrected chi connectivity index (χ1v) is 8.69. The molecule has 0 aliphatic carbocycles. The molecule has 1 aromatic carbocycles. The highest BCUT2D eigenvalue weighted by Gasteiger charge is 2.17. The minimum atomic E-state index is -0.381. The van der Waals surface area contributed by atoms with E-state index in [4.69, 9.17) is 4.74 Å². The van der Waals surface area contributed by atoms with E-state index >= 15 is 0 Å². The lowest BCUT2D eigenvalue weighted by atomic mass is 10.0. The molecule has 1 atom stereocenters. The standard InChI is InChI=1S/C18H27N3O3.ClH/c1-3-20-15-7-6-14(18(23)24-4-2)11-16(15)21-17(22)8-5-13-9-10-19-12-13;/h6-7,11,13,19-20H,3-5,8-10,12H2,1-2H3,(H,21,22);1H. The van der Waals surface area contributed by atoms with E-state index in [0.717, 1.165) is 38.2 Å². The van der Waals surface area contributed by atoms with Gasteiger partial charge in [0.2, 0.25) is 5.91 Å². The third kappa shape index (κ3) is 6.55. The van der Waals surface area contributed by atoms with Crippen LogP contribution in [0, 0.1) is 5.92 Å². The zero-order valence-corrected chi connectivity index (χ0v) is 15.7. The molecule has 1 amide bonds. The molecule has 1 aliphatic rings. The second-order valence-corrected chi connectivity index (χ2v) is 5.96. The molecule has 3 N–H and O–H groups in total. The molecular formula is C18H28ClN3O3. The van der Waals surface area contributed by atoms with E-state index in [1.54, 1.807) is 25.1 Å². The summed E-state index contributed by atoms with van der Waals surface area (Å²) in [5.41, 5.74) is 1.87. The van der Waals surface area contributed by atoms with Crippen molar-refractivity contribution in [2.45, 2.75) is 33.1 Å². The first-order valence-electron chi connectivity index (χ1n) is 8.69. The Morgan fingerprint density at radius 3 is 2.72 bits per heavy atom. The smallest absolute Gasteiger partial charge is 0.338 e. The number of nitrogens with one attached hydrogen (secondary N) is 3. The number of esters is 1. The van der Waals surface area contributed by atoms with Crippen LogP contribution in [0.2, 0.25) is 0 Å². The van der Waals surface area contributed by atoms with E-state index in [9.17, 15) is 9.59 Å². The van der Waals surface area contributed by atoms with Gasteiger partial charge in [-0.2, -0.15) is 0 Å². The van der Waals surface area contributed by atoms with Gasteiger partial charge < -0.3 is 20.7 Å². The molecule has 0 aromatic heterocycles. The fourth-order valence-corrected chi connectivity index (χ4v) is 2.84. The van der Waals surface area contributed by atoms with E-state index in [1.165, 1.54) is 0 Å². The van der Waals surface area contributed by atoms with Crippen LogP contribution in [0.4, 0.5) is 11.4 Å². The van der Waals surface area contributed by atoms with Crippen molar-refractivity contribution in [2.24, 2.45) is 5.92 Å². The Balaban J connectivity index is 0.00000312. The second kappa shape index (κ2) is 10.9. The van der Waals surface area contributed by atoms with Gasteiger partial charge in [-0.15, -0.1) is 12.4 Å². The zero-order chi connectivity index (χ0) is 17.4. The number of rotatable bonds is 8. The van der Waals surface area contributed by atoms with Crippen LogP contribution in [0.15, 0.2) is 18.2 Å². The number of halogens is 1. The van der Waals surface area contributed by atoms with E-state index in [1.807, 2.05) is 6.92 Å². The number of hydrogen-bond acceptors (Lipinski definition) is 5. The number of amides is 1. The molecule has 0 bridgehead atoms. The fraction of sp³-hybridized carbons (Fsp3) is 0.556. The topological polar surface area (TPSA) is 79.5 Å². The Hall–Kier alpha value is -1.79. The summed E-state index contributed by atoms with van der Waals surface area (Å²) in [6.45, 7) is 6.84. The van der Waals surface area contributed by atoms with Gasteiger partial charge in [0, 0.05) is 13.0 Å². The number of benzene rings is 1. The molecule has 7 heteroatoms. The largest absolute Gasteiger partial charge is 0.462 e. The maximum Gasteiger partial charge on any atom is 0.338 e. The Morgan fingerprint density at radius 1 is 1.28 bits per heavy atom. The van der Waals surface area contributed by atoms with Gasteiger partial charge in [0.25, 0.3) is 0 Å². The van der Waals surface area contributed by atoms with Gasteiger partial charge in [-0.25, -0.2) is 4.79 Å². The minimum absolute atomic E-state index is 0. The van der Waals surface area contributed by atoms with Gasteiger partial charge in [-0.05, 0) is 63.9 Å². The number of hydrogen-bond donors (Lipinski definition) is 3. The second-order valence-electron chi connectivity index (χ2n) is 5.96. The summed E-state index contributed by atoms with van der Waals surface area (Å²) in [5, 5.41) is 9.44. The van der Waals surface area contributed by atoms with Crippen molar-refractivity contribution in [3.8, 4) is 0 Å². The fourth-order valence-electron chi connectivity index (χ4n) is 2.84. The molecule has 0 spiro atoms. The van der Waals surface area contributed by atoms with Crippen molar-refractivity contribution in [1.29, 1.82) is 0 Å². The van der Waals surface area contributed by atoms with Crippen LogP contribution in [0.25, 0.3) is 0 Å². The number of ether oxygens (including phenoxy) is 1. The van der Waals surface area contributed by atoms with Gasteiger partial charge in [0.1, 0.15) is 0 Å². The summed E-state index contributed by atoms with van der Waals surface area (Å²) < 4.78 is 5.02. The summed E-state index contributed by atoms with van der Waals surface area (Å²) in [6.07, 6.45) is 2.50. The lowest BCUT2D eigenvalue weighted by Gasteiger charge is -2.14. The van der Waals surface area contributed by atoms with Gasteiger partial charge in [0.15, 0.2) is 0 Å². The lowest BCUT2D eigenvalue weighted by Crippen LogP contribution is -2.16. The van der Waals surface area contributed by atoms with E-state index < -0.39 is 0 Å². The number of carbonyl (C=O) groups excluding carboxylic acids is 2. The van der Waals surface area contributed by atoms with E-state index in [2.05, 4.69) is 16.0 Å². The van der Waals surface area contributed by atoms with Gasteiger partial charge >= 0.3 is 5.97 Å². The summed E-state index contributed by atoms with van der Waals surface area (Å²) in [5.74, 6) is 0.171. The Labute approximate surface area is 155 Å². The molecule has 1 saturated heterocycles. The molecule has 1 aliphatic heterocycles. The monoisotopic (exact) mass is 369 g/mol. The molecule has 2 rings (SSSR count). The minimum Gasteiger partial charge on any atom is -0.462 e. The Kier molecular flexibility index (Phi) is 9.31. The van der Waals surface area contributed by atoms with Gasteiger partial charge in [-0.3, -0.25) is 4.79 Å². The third-order valence-corrected chi connectivity index (χ3v) is 4.11. The highest BCUT2D eigenvalue weighted by molar-refractivity contribution is 5.98. The highest BCUT2D eigenvalue weighted by atomic mass is 35.5. The first kappa shape index (κ1) is 21.3. The van der Waals surface area contributed by atoms with Gasteiger partial charge in [-0.1, -0.05) is 0 Å². The summed E-state index contributed by atoms with van der Waals surface area (Å²) >= 11 is 0. The normalized spacial score (nSPS) is 16.0. The molecule has 1 heterocycles. The van der Waals surface area contributed by atoms with Crippen LogP contribution in [-0.2, 0) is 9.53 Å². The SMILES string of the molecule is CCNc1ccc(C(=O)OCC)cc1NC(=O)CCC1CCNC1.Cl. The first-order chi connectivity index (χ1) is 11.6. The molecule has 0 radical (unpaired) electrons. The van der Waals surface area contributed by atoms with Crippen molar-refractivity contribution in [3.05, 3.63) is 23.8 Å². The molecule has 0 saturated carbocycles. The molecule has 6 nitrogen and oxygen atoms in total. The molecule has 1 unspecified atom stereocenters. The van der Waals surface area contributed by atoms with Crippen LogP contribution in [-0.4, -0.2) is 38.1 Å². The van der Waals surface area contributed by atoms with Crippen molar-refractivity contribution in [2.75, 3.05) is 36.9 Å². The Bertz CT molecular complexity index is 575. The van der Waals surface area contributed by atoms with Crippen molar-refractivity contribution in [3.63, 3.8) is 0 Å². The average molecular weight is 370 g/mol. The lowest BCUT2D eigenvalue weighted by molar-refractivity contribution is -0.116. The van der Waals surface area contributed by atoms with Crippen LogP contribution in [0.1, 0.15) is 43.5 Å². The number of carbonyl (C=O) groups is 2. The predicted molar refractivity (Wildman–Crippen MR) is 103 cm³/mol. The molecule has 1 fully saturated rings. The third-order valence-electron chi connectivity index (χ3n) is 4.11. The molecule has 140 valence electrons. The quantitative estimate of drug-likeness (QED) is 0.614. The predicted octanol–water partition coefficient (Wildman–Crippen LogP) is 3.05. The summed E-state index contributed by atoms with van der Waals surface area (Å²) in [7, 11) is 0. The van der Waals surface area contributed by atoms with Crippen molar-refractivity contribution < 1.29 is 14.3 Å². The summed E-state index contributed by atoms with van der Waals surface area (Å²) in [6, 6.07) is 5.17. The maximum atomic E-state index is 12.3. The maximum absolute atomic E-state index is 12.3. The van der Waals surface area contributed by atoms with Crippen molar-refractivity contribution >= 4 is 35.7 Å². The van der Waals surface area contributed by atoms with Gasteiger partial charge in [0.05, 0.1) is 23.5 Å². The van der Waals surface area contributed by atoms with E-state index in [0.29, 0.717) is 30.2 Å². The van der Waals surface area contributed by atoms with E-state index in [-0.39, 0.29) is 24.3 Å². The highest BCUT2D eigenvalue weighted by Crippen LogP contribution is 2.24. The average Bonchev–Trinajstić information content (AvgIpc) is 3.08. The molecular weight excluding hydrogens is 342 g/mol. The Morgan fingerprint density at radius 2 is 2.08 bits per heavy atom. The molecule has 1 aromatic rings. The zero-order valence-electron chi connectivity index (χ0n) is 14.9. The van der Waals surface area contributed by atoms with Crippen LogP contribution in [0.5, 0.6) is 0 Å². The van der Waals surface area contributed by atoms with Crippen molar-refractivity contribution in [1.82, 2.24) is 5.32 Å². The summed E-state index contributed by atoms with van der Waals surface area (Å²) in [4.78, 5) is 24.1.